The minimum atomic E-state index is -4.46. The summed E-state index contributed by atoms with van der Waals surface area (Å²) in [7, 11) is 0. The molecular formula is C26H22F3N3O2. The van der Waals surface area contributed by atoms with Crippen LogP contribution in [-0.4, -0.2) is 27.5 Å². The molecule has 0 N–H and O–H groups in total. The Hall–Kier alpha value is -3.94. The Balaban J connectivity index is 1.51. The Labute approximate surface area is 194 Å². The molecule has 1 aromatic heterocycles. The van der Waals surface area contributed by atoms with Crippen LogP contribution in [0, 0.1) is 6.92 Å². The van der Waals surface area contributed by atoms with Crippen molar-refractivity contribution in [2.75, 3.05) is 6.54 Å². The molecule has 0 aliphatic heterocycles. The number of hydrogen-bond donors (Lipinski definition) is 0. The zero-order valence-corrected chi connectivity index (χ0v) is 18.4. The minimum absolute atomic E-state index is 0.176. The molecule has 1 amide bonds. The van der Waals surface area contributed by atoms with Crippen molar-refractivity contribution in [3.63, 3.8) is 0 Å². The number of rotatable bonds is 7. The zero-order chi connectivity index (χ0) is 24.1. The summed E-state index contributed by atoms with van der Waals surface area (Å²) in [6.45, 7) is 2.53. The summed E-state index contributed by atoms with van der Waals surface area (Å²) in [5.74, 6) is 0.448. The van der Waals surface area contributed by atoms with E-state index in [9.17, 15) is 18.0 Å². The van der Waals surface area contributed by atoms with Crippen LogP contribution >= 0.6 is 0 Å². The van der Waals surface area contributed by atoms with Gasteiger partial charge >= 0.3 is 6.18 Å². The third-order valence-corrected chi connectivity index (χ3v) is 5.34. The molecule has 0 atom stereocenters. The first-order chi connectivity index (χ1) is 16.3. The summed E-state index contributed by atoms with van der Waals surface area (Å²) in [5.41, 5.74) is 2.21. The number of carbonyl (C=O) groups is 1. The number of carbonyl (C=O) groups excluding carboxylic acids is 1. The van der Waals surface area contributed by atoms with Gasteiger partial charge in [-0.3, -0.25) is 4.79 Å². The number of benzene rings is 3. The van der Waals surface area contributed by atoms with Gasteiger partial charge in [-0.2, -0.15) is 18.2 Å². The number of nitrogens with zero attached hydrogens (tertiary/aromatic N) is 3. The lowest BCUT2D eigenvalue weighted by Gasteiger charge is -2.22. The van der Waals surface area contributed by atoms with E-state index in [0.29, 0.717) is 24.7 Å². The minimum Gasteiger partial charge on any atom is -0.339 e. The van der Waals surface area contributed by atoms with Crippen LogP contribution in [0.4, 0.5) is 13.2 Å². The van der Waals surface area contributed by atoms with Gasteiger partial charge in [-0.05, 0) is 36.8 Å². The van der Waals surface area contributed by atoms with E-state index in [2.05, 4.69) is 10.1 Å². The van der Waals surface area contributed by atoms with Gasteiger partial charge in [-0.15, -0.1) is 0 Å². The SMILES string of the molecule is Cc1ccc(-c2noc(CCN(Cc3ccccc3)C(=O)c3ccc(C(F)(F)F)cc3)n2)cc1. The molecule has 0 saturated carbocycles. The third kappa shape index (κ3) is 5.70. The molecule has 0 saturated heterocycles. The van der Waals surface area contributed by atoms with Gasteiger partial charge in [0.25, 0.3) is 5.91 Å². The summed E-state index contributed by atoms with van der Waals surface area (Å²) in [4.78, 5) is 19.2. The van der Waals surface area contributed by atoms with Gasteiger partial charge in [-0.25, -0.2) is 0 Å². The van der Waals surface area contributed by atoms with E-state index >= 15 is 0 Å². The topological polar surface area (TPSA) is 59.2 Å². The van der Waals surface area contributed by atoms with Crippen molar-refractivity contribution in [3.05, 3.63) is 107 Å². The first kappa shape index (κ1) is 23.2. The van der Waals surface area contributed by atoms with E-state index in [1.807, 2.05) is 61.5 Å². The molecule has 0 spiro atoms. The molecule has 0 aliphatic rings. The normalized spacial score (nSPS) is 11.4. The number of halogens is 3. The maximum atomic E-state index is 13.2. The molecular weight excluding hydrogens is 443 g/mol. The summed E-state index contributed by atoms with van der Waals surface area (Å²) < 4.78 is 44.1. The van der Waals surface area contributed by atoms with Crippen LogP contribution in [-0.2, 0) is 19.1 Å². The summed E-state index contributed by atoms with van der Waals surface area (Å²) >= 11 is 0. The maximum absolute atomic E-state index is 13.2. The first-order valence-electron chi connectivity index (χ1n) is 10.7. The van der Waals surface area contributed by atoms with E-state index in [0.717, 1.165) is 28.8 Å². The Bertz CT molecular complexity index is 1240. The lowest BCUT2D eigenvalue weighted by molar-refractivity contribution is -0.137. The number of aryl methyl sites for hydroxylation is 1. The maximum Gasteiger partial charge on any atom is 0.416 e. The van der Waals surface area contributed by atoms with Gasteiger partial charge in [0.15, 0.2) is 0 Å². The van der Waals surface area contributed by atoms with Crippen molar-refractivity contribution in [1.82, 2.24) is 15.0 Å². The lowest BCUT2D eigenvalue weighted by atomic mass is 10.1. The van der Waals surface area contributed by atoms with Crippen molar-refractivity contribution in [2.24, 2.45) is 0 Å². The Morgan fingerprint density at radius 3 is 2.26 bits per heavy atom. The highest BCUT2D eigenvalue weighted by Crippen LogP contribution is 2.29. The number of aromatic nitrogens is 2. The van der Waals surface area contributed by atoms with Crippen LogP contribution in [0.25, 0.3) is 11.4 Å². The van der Waals surface area contributed by atoms with Crippen LogP contribution < -0.4 is 0 Å². The fourth-order valence-electron chi connectivity index (χ4n) is 3.45. The van der Waals surface area contributed by atoms with Crippen LogP contribution in [0.3, 0.4) is 0 Å². The Kier molecular flexibility index (Phi) is 6.77. The van der Waals surface area contributed by atoms with Gasteiger partial charge in [0.2, 0.25) is 11.7 Å². The molecule has 0 radical (unpaired) electrons. The van der Waals surface area contributed by atoms with Crippen molar-refractivity contribution < 1.29 is 22.5 Å². The molecule has 0 aliphatic carbocycles. The van der Waals surface area contributed by atoms with Crippen LogP contribution in [0.15, 0.2) is 83.4 Å². The van der Waals surface area contributed by atoms with Gasteiger partial charge in [0.05, 0.1) is 5.56 Å². The highest BCUT2D eigenvalue weighted by Gasteiger charge is 2.30. The fourth-order valence-corrected chi connectivity index (χ4v) is 3.45. The highest BCUT2D eigenvalue weighted by molar-refractivity contribution is 5.94. The van der Waals surface area contributed by atoms with E-state index in [4.69, 9.17) is 4.52 Å². The van der Waals surface area contributed by atoms with Crippen molar-refractivity contribution in [2.45, 2.75) is 26.1 Å². The zero-order valence-electron chi connectivity index (χ0n) is 18.4. The van der Waals surface area contributed by atoms with Crippen molar-refractivity contribution in [3.8, 4) is 11.4 Å². The average Bonchev–Trinajstić information content (AvgIpc) is 3.31. The van der Waals surface area contributed by atoms with E-state index in [1.54, 1.807) is 4.90 Å². The first-order valence-corrected chi connectivity index (χ1v) is 10.7. The second-order valence-corrected chi connectivity index (χ2v) is 7.92. The predicted octanol–water partition coefficient (Wildman–Crippen LogP) is 5.95. The van der Waals surface area contributed by atoms with Crippen LogP contribution in [0.1, 0.15) is 32.9 Å². The number of hydrogen-bond acceptors (Lipinski definition) is 4. The molecule has 34 heavy (non-hydrogen) atoms. The molecule has 5 nitrogen and oxygen atoms in total. The molecule has 4 aromatic rings. The van der Waals surface area contributed by atoms with E-state index in [1.165, 1.54) is 12.1 Å². The standard InChI is InChI=1S/C26H22F3N3O2/c1-18-7-9-20(10-8-18)24-30-23(34-31-24)15-16-32(17-19-5-3-2-4-6-19)25(33)21-11-13-22(14-12-21)26(27,28)29/h2-14H,15-17H2,1H3. The third-order valence-electron chi connectivity index (χ3n) is 5.34. The van der Waals surface area contributed by atoms with Gasteiger partial charge < -0.3 is 9.42 Å². The largest absolute Gasteiger partial charge is 0.416 e. The lowest BCUT2D eigenvalue weighted by Crippen LogP contribution is -2.32. The monoisotopic (exact) mass is 465 g/mol. The van der Waals surface area contributed by atoms with Crippen LogP contribution in [0.2, 0.25) is 0 Å². The number of alkyl halides is 3. The predicted molar refractivity (Wildman–Crippen MR) is 121 cm³/mol. The fraction of sp³-hybridized carbons (Fsp3) is 0.192. The highest BCUT2D eigenvalue weighted by atomic mass is 19.4. The van der Waals surface area contributed by atoms with Crippen molar-refractivity contribution in [1.29, 1.82) is 0 Å². The summed E-state index contributed by atoms with van der Waals surface area (Å²) in [6, 6.07) is 21.3. The molecule has 1 heterocycles. The number of amides is 1. The van der Waals surface area contributed by atoms with Gasteiger partial charge in [0, 0.05) is 30.6 Å². The van der Waals surface area contributed by atoms with E-state index in [-0.39, 0.29) is 18.0 Å². The summed E-state index contributed by atoms with van der Waals surface area (Å²) in [6.07, 6.45) is -4.16. The second-order valence-electron chi connectivity index (χ2n) is 7.92. The summed E-state index contributed by atoms with van der Waals surface area (Å²) in [5, 5.41) is 4.02. The van der Waals surface area contributed by atoms with Crippen molar-refractivity contribution >= 4 is 5.91 Å². The molecule has 3 aromatic carbocycles. The average molecular weight is 465 g/mol. The van der Waals surface area contributed by atoms with Gasteiger partial charge in [0.1, 0.15) is 0 Å². The molecule has 174 valence electrons. The quantitative estimate of drug-likeness (QED) is 0.339. The smallest absolute Gasteiger partial charge is 0.339 e. The molecule has 8 heteroatoms. The van der Waals surface area contributed by atoms with Crippen LogP contribution in [0.5, 0.6) is 0 Å². The molecule has 0 unspecified atom stereocenters. The molecule has 0 fully saturated rings. The molecule has 0 bridgehead atoms. The Morgan fingerprint density at radius 2 is 1.62 bits per heavy atom. The second kappa shape index (κ2) is 9.91. The van der Waals surface area contributed by atoms with Gasteiger partial charge in [-0.1, -0.05) is 65.3 Å². The van der Waals surface area contributed by atoms with E-state index < -0.39 is 11.7 Å². The molecule has 4 rings (SSSR count). The Morgan fingerprint density at radius 1 is 0.941 bits per heavy atom.